The largest absolute Gasteiger partial charge is 0.0779 e. The molecule has 0 aromatic heterocycles. The van der Waals surface area contributed by atoms with Crippen LogP contribution in [-0.4, -0.2) is 0 Å². The van der Waals surface area contributed by atoms with E-state index in [1.165, 1.54) is 0 Å². The molecule has 0 amide bonds. The first-order valence-electron chi connectivity index (χ1n) is 4.49. The normalized spacial score (nSPS) is 18.6. The van der Waals surface area contributed by atoms with Gasteiger partial charge in [-0.2, -0.15) is 0 Å². The zero-order chi connectivity index (χ0) is 8.81. The van der Waals surface area contributed by atoms with Gasteiger partial charge in [-0.25, -0.2) is 0 Å². The van der Waals surface area contributed by atoms with Gasteiger partial charge in [0.2, 0.25) is 0 Å². The molecule has 1 heteroatoms. The van der Waals surface area contributed by atoms with Gasteiger partial charge in [0.1, 0.15) is 0 Å². The van der Waals surface area contributed by atoms with Gasteiger partial charge in [0.05, 0.1) is 0 Å². The van der Waals surface area contributed by atoms with Crippen LogP contribution in [0.5, 0.6) is 0 Å². The first-order valence-corrected chi connectivity index (χ1v) is 4.49. The van der Waals surface area contributed by atoms with E-state index >= 15 is 0 Å². The third-order valence-corrected chi connectivity index (χ3v) is 1.88. The van der Waals surface area contributed by atoms with Crippen molar-refractivity contribution in [2.75, 3.05) is 0 Å². The van der Waals surface area contributed by atoms with E-state index in [-0.39, 0.29) is 17.1 Å². The summed E-state index contributed by atoms with van der Waals surface area (Å²) in [4.78, 5) is 0. The maximum absolute atomic E-state index is 2.17. The van der Waals surface area contributed by atoms with Crippen LogP contribution < -0.4 is 0 Å². The van der Waals surface area contributed by atoms with Crippen molar-refractivity contribution in [2.24, 2.45) is 11.8 Å². The van der Waals surface area contributed by atoms with Crippen LogP contribution >= 0.6 is 0 Å². The van der Waals surface area contributed by atoms with E-state index < -0.39 is 0 Å². The Morgan fingerprint density at radius 3 is 0.923 bits per heavy atom. The van der Waals surface area contributed by atoms with Crippen LogP contribution in [0, 0.1) is 11.8 Å². The van der Waals surface area contributed by atoms with Crippen LogP contribution in [0.25, 0.3) is 0 Å². The van der Waals surface area contributed by atoms with Crippen LogP contribution in [0.1, 0.15) is 13.8 Å². The van der Waals surface area contributed by atoms with Crippen molar-refractivity contribution in [3.63, 3.8) is 0 Å². The molecule has 0 N–H and O–H groups in total. The van der Waals surface area contributed by atoms with Crippen LogP contribution in [0.3, 0.4) is 0 Å². The summed E-state index contributed by atoms with van der Waals surface area (Å²) in [5.74, 6) is 1.37. The molecule has 0 spiro atoms. The van der Waals surface area contributed by atoms with E-state index in [1.807, 2.05) is 0 Å². The molecule has 0 aliphatic heterocycles. The van der Waals surface area contributed by atoms with Crippen molar-refractivity contribution in [1.29, 1.82) is 0 Å². The van der Waals surface area contributed by atoms with Gasteiger partial charge < -0.3 is 0 Å². The summed E-state index contributed by atoms with van der Waals surface area (Å²) in [5, 5.41) is 0. The van der Waals surface area contributed by atoms with Crippen molar-refractivity contribution < 1.29 is 17.1 Å². The average molecular weight is 216 g/mol. The van der Waals surface area contributed by atoms with E-state index in [0.29, 0.717) is 11.8 Å². The predicted molar refractivity (Wildman–Crippen MR) is 54.9 cm³/mol. The predicted octanol–water partition coefficient (Wildman–Crippen LogP) is 3.49. The molecular formula is C12H16Fe. The van der Waals surface area contributed by atoms with Gasteiger partial charge in [-0.1, -0.05) is 62.5 Å². The topological polar surface area (TPSA) is 0 Å². The Kier molecular flexibility index (Phi) is 6.66. The standard InChI is InChI=1S/2C6H8.Fe/c2*1-6-4-2-3-5-6;/h2*2-6H,1H3;. The second-order valence-electron chi connectivity index (χ2n) is 3.26. The van der Waals surface area contributed by atoms with Crippen LogP contribution in [0.2, 0.25) is 0 Å². The van der Waals surface area contributed by atoms with E-state index in [1.54, 1.807) is 0 Å². The first kappa shape index (κ1) is 12.5. The number of hydrogen-bond donors (Lipinski definition) is 0. The molecule has 0 radical (unpaired) electrons. The maximum atomic E-state index is 2.17. The minimum absolute atomic E-state index is 0. The zero-order valence-corrected chi connectivity index (χ0v) is 9.23. The van der Waals surface area contributed by atoms with Gasteiger partial charge in [-0.05, 0) is 11.8 Å². The van der Waals surface area contributed by atoms with Crippen molar-refractivity contribution in [2.45, 2.75) is 13.8 Å². The van der Waals surface area contributed by atoms with Gasteiger partial charge in [0.25, 0.3) is 0 Å². The molecule has 2 rings (SSSR count). The molecule has 0 unspecified atom stereocenters. The van der Waals surface area contributed by atoms with Gasteiger partial charge >= 0.3 is 0 Å². The van der Waals surface area contributed by atoms with E-state index in [0.717, 1.165) is 0 Å². The van der Waals surface area contributed by atoms with Crippen LogP contribution in [-0.2, 0) is 17.1 Å². The Morgan fingerprint density at radius 1 is 0.615 bits per heavy atom. The molecule has 2 aliphatic carbocycles. The van der Waals surface area contributed by atoms with Crippen molar-refractivity contribution in [3.8, 4) is 0 Å². The number of hydrogen-bond acceptors (Lipinski definition) is 0. The SMILES string of the molecule is CC1C=CC=C1.CC1C=CC=C1.[Fe]. The molecule has 0 heterocycles. The Morgan fingerprint density at radius 2 is 0.846 bits per heavy atom. The van der Waals surface area contributed by atoms with E-state index in [2.05, 4.69) is 62.5 Å². The van der Waals surface area contributed by atoms with E-state index in [9.17, 15) is 0 Å². The third kappa shape index (κ3) is 5.68. The summed E-state index contributed by atoms with van der Waals surface area (Å²) in [5.41, 5.74) is 0. The second-order valence-corrected chi connectivity index (χ2v) is 3.26. The van der Waals surface area contributed by atoms with Gasteiger partial charge in [0.15, 0.2) is 0 Å². The minimum Gasteiger partial charge on any atom is -0.0779 e. The maximum Gasteiger partial charge on any atom is 0 e. The van der Waals surface area contributed by atoms with Crippen molar-refractivity contribution in [3.05, 3.63) is 48.6 Å². The summed E-state index contributed by atoms with van der Waals surface area (Å²) in [6.07, 6.45) is 17.0. The fraction of sp³-hybridized carbons (Fsp3) is 0.333. The molecule has 0 bridgehead atoms. The monoisotopic (exact) mass is 216 g/mol. The van der Waals surface area contributed by atoms with Gasteiger partial charge in [-0.15, -0.1) is 0 Å². The summed E-state index contributed by atoms with van der Waals surface area (Å²) in [7, 11) is 0. The molecular weight excluding hydrogens is 200 g/mol. The zero-order valence-electron chi connectivity index (χ0n) is 8.13. The molecule has 0 atom stereocenters. The van der Waals surface area contributed by atoms with E-state index in [4.69, 9.17) is 0 Å². The summed E-state index contributed by atoms with van der Waals surface area (Å²) < 4.78 is 0. The molecule has 0 saturated carbocycles. The number of rotatable bonds is 0. The van der Waals surface area contributed by atoms with Gasteiger partial charge in [-0.3, -0.25) is 0 Å². The van der Waals surface area contributed by atoms with Crippen molar-refractivity contribution >= 4 is 0 Å². The molecule has 2 aliphatic rings. The molecule has 0 aromatic rings. The van der Waals surface area contributed by atoms with Crippen molar-refractivity contribution in [1.82, 2.24) is 0 Å². The van der Waals surface area contributed by atoms with Crippen LogP contribution in [0.4, 0.5) is 0 Å². The Bertz CT molecular complexity index is 184. The van der Waals surface area contributed by atoms with Crippen LogP contribution in [0.15, 0.2) is 48.6 Å². The number of allylic oxidation sites excluding steroid dienone is 8. The minimum atomic E-state index is 0. The fourth-order valence-corrected chi connectivity index (χ4v) is 1.09. The Balaban J connectivity index is 0.000000206. The fourth-order valence-electron chi connectivity index (χ4n) is 1.09. The average Bonchev–Trinajstić information content (AvgIpc) is 2.63. The molecule has 0 saturated heterocycles. The Labute approximate surface area is 91.6 Å². The third-order valence-electron chi connectivity index (χ3n) is 1.88. The molecule has 0 nitrogen and oxygen atoms in total. The molecule has 0 aromatic carbocycles. The summed E-state index contributed by atoms with van der Waals surface area (Å²) in [6.45, 7) is 4.33. The Hall–Kier alpha value is -0.521. The quantitative estimate of drug-likeness (QED) is 0.543. The first-order chi connectivity index (χ1) is 5.79. The molecule has 72 valence electrons. The molecule has 0 fully saturated rings. The van der Waals surface area contributed by atoms with Gasteiger partial charge in [0, 0.05) is 17.1 Å². The second kappa shape index (κ2) is 6.94. The summed E-state index contributed by atoms with van der Waals surface area (Å²) >= 11 is 0. The molecule has 13 heavy (non-hydrogen) atoms. The smallest absolute Gasteiger partial charge is 0 e. The summed E-state index contributed by atoms with van der Waals surface area (Å²) in [6, 6.07) is 0.